The Labute approximate surface area is 165 Å². The highest BCUT2D eigenvalue weighted by Crippen LogP contribution is 2.31. The van der Waals surface area contributed by atoms with Crippen molar-refractivity contribution in [2.75, 3.05) is 12.4 Å². The fourth-order valence-corrected chi connectivity index (χ4v) is 3.26. The largest absolute Gasteiger partial charge is 0.495 e. The second-order valence-corrected chi connectivity index (χ2v) is 8.77. The molecule has 2 N–H and O–H groups in total. The molecule has 2 amide bonds. The zero-order chi connectivity index (χ0) is 20.2. The van der Waals surface area contributed by atoms with Crippen LogP contribution < -0.4 is 15.4 Å². The van der Waals surface area contributed by atoms with Crippen LogP contribution in [0.25, 0.3) is 0 Å². The van der Waals surface area contributed by atoms with Crippen LogP contribution in [-0.4, -0.2) is 25.0 Å². The highest BCUT2D eigenvalue weighted by Gasteiger charge is 2.26. The van der Waals surface area contributed by atoms with E-state index < -0.39 is 6.04 Å². The van der Waals surface area contributed by atoms with Gasteiger partial charge in [-0.2, -0.15) is 0 Å². The number of nitrogens with one attached hydrogen (secondary N) is 2. The van der Waals surface area contributed by atoms with E-state index in [9.17, 15) is 9.59 Å². The molecule has 0 radical (unpaired) electrons. The first-order chi connectivity index (χ1) is 12.6. The quantitative estimate of drug-likeness (QED) is 0.768. The SMILES string of the molecule is COc1ccc(C(C)(C)C)cc1NC(=O)[C@@H](NC(=O)c1cccs1)C(C)C. The standard InChI is InChI=1S/C21H28N2O3S/c1-13(2)18(23-19(24)17-8-7-11-27-17)20(25)22-15-12-14(21(3,4)5)9-10-16(15)26-6/h7-13,18H,1-6H3,(H,22,25)(H,23,24)/t18-/m0/s1. The van der Waals surface area contributed by atoms with E-state index in [2.05, 4.69) is 31.4 Å². The molecular weight excluding hydrogens is 360 g/mol. The van der Waals surface area contributed by atoms with Crippen LogP contribution in [0.15, 0.2) is 35.7 Å². The molecule has 1 aromatic heterocycles. The van der Waals surface area contributed by atoms with Crippen molar-refractivity contribution in [3.05, 3.63) is 46.2 Å². The molecule has 0 unspecified atom stereocenters. The lowest BCUT2D eigenvalue weighted by atomic mass is 9.86. The molecule has 0 spiro atoms. The van der Waals surface area contributed by atoms with Gasteiger partial charge in [0.05, 0.1) is 17.7 Å². The van der Waals surface area contributed by atoms with Gasteiger partial charge < -0.3 is 15.4 Å². The lowest BCUT2D eigenvalue weighted by Crippen LogP contribution is -2.47. The molecule has 0 aliphatic heterocycles. The van der Waals surface area contributed by atoms with Crippen molar-refractivity contribution in [1.82, 2.24) is 5.32 Å². The van der Waals surface area contributed by atoms with Gasteiger partial charge in [0.25, 0.3) is 5.91 Å². The first-order valence-corrected chi connectivity index (χ1v) is 9.85. The van der Waals surface area contributed by atoms with Crippen molar-refractivity contribution in [2.45, 2.75) is 46.1 Å². The molecule has 0 saturated heterocycles. The number of thiophene rings is 1. The number of hydrogen-bond acceptors (Lipinski definition) is 4. The molecule has 1 heterocycles. The zero-order valence-corrected chi connectivity index (χ0v) is 17.6. The Bertz CT molecular complexity index is 792. The number of amides is 2. The fourth-order valence-electron chi connectivity index (χ4n) is 2.64. The second kappa shape index (κ2) is 8.57. The third-order valence-corrected chi connectivity index (χ3v) is 5.17. The van der Waals surface area contributed by atoms with Gasteiger partial charge in [0.2, 0.25) is 5.91 Å². The van der Waals surface area contributed by atoms with E-state index in [4.69, 9.17) is 4.74 Å². The first-order valence-electron chi connectivity index (χ1n) is 8.97. The third-order valence-electron chi connectivity index (χ3n) is 4.30. The summed E-state index contributed by atoms with van der Waals surface area (Å²) in [6.07, 6.45) is 0. The van der Waals surface area contributed by atoms with Gasteiger partial charge in [0.15, 0.2) is 0 Å². The molecule has 1 atom stereocenters. The third kappa shape index (κ3) is 5.32. The summed E-state index contributed by atoms with van der Waals surface area (Å²) in [7, 11) is 1.57. The predicted molar refractivity (Wildman–Crippen MR) is 111 cm³/mol. The first kappa shape index (κ1) is 21.0. The summed E-state index contributed by atoms with van der Waals surface area (Å²) in [5, 5.41) is 7.61. The normalized spacial score (nSPS) is 12.6. The van der Waals surface area contributed by atoms with Crippen LogP contribution in [0.1, 0.15) is 49.9 Å². The number of anilines is 1. The molecule has 146 valence electrons. The van der Waals surface area contributed by atoms with E-state index in [0.29, 0.717) is 16.3 Å². The fraction of sp³-hybridized carbons (Fsp3) is 0.429. The summed E-state index contributed by atoms with van der Waals surface area (Å²) in [6, 6.07) is 8.67. The van der Waals surface area contributed by atoms with Crippen molar-refractivity contribution in [3.8, 4) is 5.75 Å². The van der Waals surface area contributed by atoms with Crippen molar-refractivity contribution in [1.29, 1.82) is 0 Å². The van der Waals surface area contributed by atoms with Crippen LogP contribution in [0.2, 0.25) is 0 Å². The van der Waals surface area contributed by atoms with Gasteiger partial charge in [-0.15, -0.1) is 11.3 Å². The van der Waals surface area contributed by atoms with Crippen LogP contribution >= 0.6 is 11.3 Å². The molecule has 27 heavy (non-hydrogen) atoms. The number of carbonyl (C=O) groups excluding carboxylic acids is 2. The molecule has 2 rings (SSSR count). The Morgan fingerprint density at radius 3 is 2.37 bits per heavy atom. The van der Waals surface area contributed by atoms with Gasteiger partial charge in [-0.1, -0.05) is 46.8 Å². The van der Waals surface area contributed by atoms with Gasteiger partial charge in [-0.25, -0.2) is 0 Å². The molecule has 0 bridgehead atoms. The maximum absolute atomic E-state index is 12.9. The van der Waals surface area contributed by atoms with Gasteiger partial charge in [0, 0.05) is 0 Å². The van der Waals surface area contributed by atoms with E-state index in [1.165, 1.54) is 11.3 Å². The maximum atomic E-state index is 12.9. The smallest absolute Gasteiger partial charge is 0.262 e. The summed E-state index contributed by atoms with van der Waals surface area (Å²) in [4.78, 5) is 25.9. The van der Waals surface area contributed by atoms with Gasteiger partial charge in [-0.05, 0) is 40.5 Å². The van der Waals surface area contributed by atoms with E-state index in [1.807, 2.05) is 43.5 Å². The van der Waals surface area contributed by atoms with Gasteiger partial charge in [-0.3, -0.25) is 9.59 Å². The minimum atomic E-state index is -0.650. The molecule has 0 fully saturated rings. The molecule has 0 aliphatic rings. The minimum absolute atomic E-state index is 0.0589. The van der Waals surface area contributed by atoms with E-state index in [0.717, 1.165) is 5.56 Å². The molecule has 1 aromatic carbocycles. The van der Waals surface area contributed by atoms with Crippen molar-refractivity contribution in [2.24, 2.45) is 5.92 Å². The van der Waals surface area contributed by atoms with Gasteiger partial charge in [0.1, 0.15) is 11.8 Å². The van der Waals surface area contributed by atoms with E-state index in [1.54, 1.807) is 13.2 Å². The topological polar surface area (TPSA) is 67.4 Å². The van der Waals surface area contributed by atoms with E-state index in [-0.39, 0.29) is 23.1 Å². The zero-order valence-electron chi connectivity index (χ0n) is 16.8. The second-order valence-electron chi connectivity index (χ2n) is 7.83. The monoisotopic (exact) mass is 388 g/mol. The average molecular weight is 389 g/mol. The Balaban J connectivity index is 2.23. The number of methoxy groups -OCH3 is 1. The van der Waals surface area contributed by atoms with Crippen LogP contribution in [0.4, 0.5) is 5.69 Å². The number of hydrogen-bond donors (Lipinski definition) is 2. The lowest BCUT2D eigenvalue weighted by Gasteiger charge is -2.24. The van der Waals surface area contributed by atoms with Crippen LogP contribution in [0, 0.1) is 5.92 Å². The average Bonchev–Trinajstić information content (AvgIpc) is 3.12. The Hall–Kier alpha value is -2.34. The Morgan fingerprint density at radius 2 is 1.85 bits per heavy atom. The maximum Gasteiger partial charge on any atom is 0.262 e. The number of ether oxygens (including phenoxy) is 1. The number of benzene rings is 1. The predicted octanol–water partition coefficient (Wildman–Crippen LogP) is 4.45. The van der Waals surface area contributed by atoms with E-state index >= 15 is 0 Å². The van der Waals surface area contributed by atoms with Crippen molar-refractivity contribution in [3.63, 3.8) is 0 Å². The summed E-state index contributed by atoms with van der Waals surface area (Å²) in [5.41, 5.74) is 1.63. The van der Waals surface area contributed by atoms with Crippen LogP contribution in [-0.2, 0) is 10.2 Å². The summed E-state index contributed by atoms with van der Waals surface area (Å²) >= 11 is 1.35. The molecule has 0 aliphatic carbocycles. The molecule has 2 aromatic rings. The lowest BCUT2D eigenvalue weighted by molar-refractivity contribution is -0.118. The van der Waals surface area contributed by atoms with Crippen LogP contribution in [0.5, 0.6) is 5.75 Å². The van der Waals surface area contributed by atoms with Crippen LogP contribution in [0.3, 0.4) is 0 Å². The van der Waals surface area contributed by atoms with Crippen molar-refractivity contribution >= 4 is 28.8 Å². The molecule has 6 heteroatoms. The molecule has 0 saturated carbocycles. The van der Waals surface area contributed by atoms with Gasteiger partial charge >= 0.3 is 0 Å². The summed E-state index contributed by atoms with van der Waals surface area (Å²) in [5.74, 6) is 0.0164. The highest BCUT2D eigenvalue weighted by molar-refractivity contribution is 7.12. The van der Waals surface area contributed by atoms with Crippen molar-refractivity contribution < 1.29 is 14.3 Å². The Kier molecular flexibility index (Phi) is 6.65. The number of carbonyl (C=O) groups is 2. The Morgan fingerprint density at radius 1 is 1.15 bits per heavy atom. The molecule has 5 nitrogen and oxygen atoms in total. The summed E-state index contributed by atoms with van der Waals surface area (Å²) in [6.45, 7) is 10.1. The highest BCUT2D eigenvalue weighted by atomic mass is 32.1. The minimum Gasteiger partial charge on any atom is -0.495 e. The molecular formula is C21H28N2O3S. The number of rotatable bonds is 6. The summed E-state index contributed by atoms with van der Waals surface area (Å²) < 4.78 is 5.39.